The number of fused-ring (bicyclic) bond motifs is 2. The van der Waals surface area contributed by atoms with Crippen molar-refractivity contribution in [3.63, 3.8) is 0 Å². The standard InChI is InChI=1S/C73H105N23O15S/c1-38(2)59-70(110)89-48(22-12-13-25-74)64(104)90-51(29-41-32-83-45-20-10-8-18-43(41)45)68(108)96-60(39(3)4)71(111)94-55(61(76)101)36-112-37-58(100)87-50(28-40-16-6-5-7-17-40)66(106)88-49(24-15-27-82-73(79)80)65(105)93-54(35-97)62(102)85-34-57(99)86-47(23-14-26-81-72(77)78)63(103)92-53(31-56(75)98)67(107)91-52(69(109)95-59)30-42-33-84-46-21-11-9-19-44(42)46/h5-11,16-21,32-33,38-39,47-55,59-60,83-84,97H,12-15,22-31,34-37,74H2,1-4H3,(H2,75,98)(H2,76,101)(H,85,102)(H,86,99)(H,87,100)(H,88,106)(H,89,110)(H,90,104)(H,91,107)(H,92,103)(H,93,105)(H,94,111)(H,95,109)(H,96,108)(H4,77,78,81)(H4,79,80,82)/t47-,48-,49-,50-,51-,52-,53-,54-,55-,59-,60-/m0/s1. The Kier molecular flexibility index (Phi) is 35.5. The molecule has 0 bridgehead atoms. The molecule has 112 heavy (non-hydrogen) atoms. The first-order valence-electron chi connectivity index (χ1n) is 36.7. The van der Waals surface area contributed by atoms with Gasteiger partial charge in [0.15, 0.2) is 11.9 Å². The van der Waals surface area contributed by atoms with E-state index in [1.165, 1.54) is 0 Å². The van der Waals surface area contributed by atoms with Crippen LogP contribution < -0.4 is 103 Å². The molecule has 5 aromatic rings. The number of hydrogen-bond acceptors (Lipinski definition) is 19. The highest BCUT2D eigenvalue weighted by Crippen LogP contribution is 2.22. The number of nitrogens with one attached hydrogen (secondary N) is 18. The summed E-state index contributed by atoms with van der Waals surface area (Å²) in [6.07, 6.45) is 1.90. The number of carbonyl (C=O) groups is 14. The lowest BCUT2D eigenvalue weighted by Gasteiger charge is -2.29. The van der Waals surface area contributed by atoms with E-state index in [9.17, 15) is 62.6 Å². The van der Waals surface area contributed by atoms with Crippen LogP contribution in [-0.4, -0.2) is 220 Å². The molecule has 29 N–H and O–H groups in total. The number of benzene rings is 3. The van der Waals surface area contributed by atoms with E-state index in [4.69, 9.17) is 39.5 Å². The van der Waals surface area contributed by atoms with Crippen molar-refractivity contribution in [3.8, 4) is 0 Å². The quantitative estimate of drug-likeness (QED) is 0.0157. The molecule has 0 unspecified atom stereocenters. The maximum absolute atomic E-state index is 15.0. The molecule has 0 aliphatic carbocycles. The highest BCUT2D eigenvalue weighted by molar-refractivity contribution is 8.00. The lowest BCUT2D eigenvalue weighted by molar-refractivity contribution is -0.137. The molecule has 6 rings (SSSR count). The monoisotopic (exact) mass is 1580 g/mol. The third-order valence-corrected chi connectivity index (χ3v) is 19.2. The van der Waals surface area contributed by atoms with Gasteiger partial charge in [0.2, 0.25) is 82.7 Å². The van der Waals surface area contributed by atoms with Crippen molar-refractivity contribution in [2.75, 3.05) is 44.3 Å². The second kappa shape index (κ2) is 44.7. The summed E-state index contributed by atoms with van der Waals surface area (Å²) >= 11 is 0.837. The van der Waals surface area contributed by atoms with E-state index in [1.54, 1.807) is 119 Å². The molecule has 0 radical (unpaired) electrons. The van der Waals surface area contributed by atoms with Crippen molar-refractivity contribution in [1.29, 1.82) is 10.8 Å². The first kappa shape index (κ1) is 89.0. The maximum atomic E-state index is 15.0. The van der Waals surface area contributed by atoms with Crippen LogP contribution in [0.2, 0.25) is 0 Å². The minimum atomic E-state index is -1.88. The molecule has 0 saturated carbocycles. The SMILES string of the molecule is CC(C)[C@@H]1NC(=O)[C@H](Cc2c[nH]c3ccccc23)NC(=O)[C@H](CCCCN)NC(=O)[C@H](C(C)C)NC(=O)[C@H](Cc2c[nH]c3ccccc23)NC(=O)[C@H](CC(N)=O)NC(=O)[C@H](CCCNC(=N)N)NC(=O)CNC(=O)[C@H](CO)NC(=O)[C@H](CCCNC(=N)N)NC(=O)[C@H](Cc2ccccc2)NC(=O)CSC[C@@H](C(N)=O)NC1=O. The third kappa shape index (κ3) is 28.5. The predicted octanol–water partition coefficient (Wildman–Crippen LogP) is -4.81. The summed E-state index contributed by atoms with van der Waals surface area (Å²) in [5.74, 6) is -16.9. The van der Waals surface area contributed by atoms with Crippen LogP contribution in [-0.2, 0) is 86.4 Å². The Morgan fingerprint density at radius 3 is 1.37 bits per heavy atom. The summed E-state index contributed by atoms with van der Waals surface area (Å²) in [5.41, 5.74) is 31.4. The van der Waals surface area contributed by atoms with Gasteiger partial charge in [0, 0.05) is 72.3 Å². The van der Waals surface area contributed by atoms with E-state index in [-0.39, 0.29) is 83.2 Å². The molecule has 2 aromatic heterocycles. The van der Waals surface area contributed by atoms with Gasteiger partial charge in [-0.15, -0.1) is 11.8 Å². The highest BCUT2D eigenvalue weighted by Gasteiger charge is 2.38. The topological polar surface area (TPSA) is 637 Å². The van der Waals surface area contributed by atoms with Crippen LogP contribution in [0.25, 0.3) is 21.8 Å². The number of aliphatic hydroxyl groups is 1. The van der Waals surface area contributed by atoms with Crippen LogP contribution in [0.15, 0.2) is 91.3 Å². The fourth-order valence-corrected chi connectivity index (χ4v) is 13.0. The Bertz CT molecular complexity index is 4140. The Hall–Kier alpha value is -11.9. The fraction of sp³-hybridized carbons (Fsp3) is 0.479. The molecule has 14 amide bonds. The van der Waals surface area contributed by atoms with Gasteiger partial charge in [0.1, 0.15) is 66.5 Å². The molecule has 0 spiro atoms. The van der Waals surface area contributed by atoms with Crippen LogP contribution in [0.4, 0.5) is 0 Å². The van der Waals surface area contributed by atoms with Crippen molar-refractivity contribution in [2.45, 2.75) is 165 Å². The second-order valence-electron chi connectivity index (χ2n) is 27.7. The molecule has 11 atom stereocenters. The number of guanidine groups is 2. The Labute approximate surface area is 650 Å². The van der Waals surface area contributed by atoms with Crippen LogP contribution in [0.1, 0.15) is 95.8 Å². The normalized spacial score (nSPS) is 22.8. The van der Waals surface area contributed by atoms with E-state index >= 15 is 9.59 Å². The number of H-pyrrole nitrogens is 2. The first-order valence-corrected chi connectivity index (χ1v) is 37.9. The zero-order valence-corrected chi connectivity index (χ0v) is 63.7. The Morgan fingerprint density at radius 2 is 0.884 bits per heavy atom. The van der Waals surface area contributed by atoms with Gasteiger partial charge in [0.25, 0.3) is 0 Å². The van der Waals surface area contributed by atoms with Crippen LogP contribution in [0.3, 0.4) is 0 Å². The van der Waals surface area contributed by atoms with Gasteiger partial charge in [-0.2, -0.15) is 0 Å². The molecule has 3 heterocycles. The Balaban J connectivity index is 1.41. The molecular formula is C73H105N23O15S. The number of aliphatic hydroxyl groups excluding tert-OH is 1. The van der Waals surface area contributed by atoms with Crippen molar-refractivity contribution < 1.29 is 72.2 Å². The summed E-state index contributed by atoms with van der Waals surface area (Å²) in [7, 11) is 0. The van der Waals surface area contributed by atoms with E-state index in [1.807, 2.05) is 0 Å². The fourth-order valence-electron chi connectivity index (χ4n) is 12.2. The zero-order chi connectivity index (χ0) is 82.1. The number of carbonyl (C=O) groups excluding carboxylic acids is 14. The van der Waals surface area contributed by atoms with Crippen molar-refractivity contribution in [1.82, 2.24) is 84.4 Å². The number of amides is 14. The van der Waals surface area contributed by atoms with Crippen LogP contribution in [0.5, 0.6) is 0 Å². The largest absolute Gasteiger partial charge is 0.394 e. The number of hydrogen-bond donors (Lipinski definition) is 24. The molecule has 608 valence electrons. The minimum Gasteiger partial charge on any atom is -0.394 e. The lowest BCUT2D eigenvalue weighted by atomic mass is 9.98. The average Bonchev–Trinajstić information content (AvgIpc) is 1.63. The van der Waals surface area contributed by atoms with Crippen LogP contribution in [0, 0.1) is 22.7 Å². The van der Waals surface area contributed by atoms with Gasteiger partial charge in [-0.05, 0) is 92.1 Å². The predicted molar refractivity (Wildman–Crippen MR) is 417 cm³/mol. The summed E-state index contributed by atoms with van der Waals surface area (Å²) in [5, 5.41) is 63.2. The van der Waals surface area contributed by atoms with E-state index < -0.39 is 198 Å². The summed E-state index contributed by atoms with van der Waals surface area (Å²) < 4.78 is 0. The number of thioether (sulfide) groups is 1. The van der Waals surface area contributed by atoms with Crippen molar-refractivity contribution in [3.05, 3.63) is 108 Å². The molecule has 1 saturated heterocycles. The van der Waals surface area contributed by atoms with Gasteiger partial charge >= 0.3 is 0 Å². The number of aromatic nitrogens is 2. The van der Waals surface area contributed by atoms with Crippen molar-refractivity contribution >= 4 is 128 Å². The first-order chi connectivity index (χ1) is 53.3. The Morgan fingerprint density at radius 1 is 0.473 bits per heavy atom. The number of nitrogens with two attached hydrogens (primary N) is 5. The minimum absolute atomic E-state index is 0.00925. The molecule has 3 aromatic carbocycles. The van der Waals surface area contributed by atoms with Gasteiger partial charge in [-0.1, -0.05) is 94.4 Å². The number of unbranched alkanes of at least 4 members (excludes halogenated alkanes) is 1. The van der Waals surface area contributed by atoms with E-state index in [0.29, 0.717) is 44.9 Å². The van der Waals surface area contributed by atoms with Gasteiger partial charge in [-0.25, -0.2) is 0 Å². The van der Waals surface area contributed by atoms with Gasteiger partial charge < -0.3 is 118 Å². The van der Waals surface area contributed by atoms with Crippen molar-refractivity contribution in [2.24, 2.45) is 40.5 Å². The number of rotatable bonds is 24. The molecule has 1 aliphatic heterocycles. The second-order valence-corrected chi connectivity index (χ2v) is 28.7. The zero-order valence-electron chi connectivity index (χ0n) is 62.9. The smallest absolute Gasteiger partial charge is 0.245 e. The molecule has 39 heteroatoms. The average molecular weight is 1580 g/mol. The van der Waals surface area contributed by atoms with Gasteiger partial charge in [-0.3, -0.25) is 77.9 Å². The van der Waals surface area contributed by atoms with E-state index in [2.05, 4.69) is 84.4 Å². The van der Waals surface area contributed by atoms with Crippen LogP contribution >= 0.6 is 11.8 Å². The highest BCUT2D eigenvalue weighted by atomic mass is 32.2. The number of para-hydroxylation sites is 2. The summed E-state index contributed by atoms with van der Waals surface area (Å²) in [6.45, 7) is 4.57. The summed E-state index contributed by atoms with van der Waals surface area (Å²) in [6, 6.07) is 5.38. The molecular weight excluding hydrogens is 1470 g/mol. The molecule has 38 nitrogen and oxygen atoms in total. The molecule has 1 aliphatic rings. The van der Waals surface area contributed by atoms with E-state index in [0.717, 1.165) is 11.8 Å². The molecule has 1 fully saturated rings. The van der Waals surface area contributed by atoms with Gasteiger partial charge in [0.05, 0.1) is 25.3 Å². The maximum Gasteiger partial charge on any atom is 0.245 e. The number of primary amides is 2. The third-order valence-electron chi connectivity index (χ3n) is 18.2. The summed E-state index contributed by atoms with van der Waals surface area (Å²) in [4.78, 5) is 206. The lowest BCUT2D eigenvalue weighted by Crippen LogP contribution is -2.62. The number of aromatic amines is 2.